The lowest BCUT2D eigenvalue weighted by Gasteiger charge is -2.39. The smallest absolute Gasteiger partial charge is 0.191 e. The summed E-state index contributed by atoms with van der Waals surface area (Å²) in [6.07, 6.45) is 2.49. The number of guanidine groups is 1. The number of hydrogen-bond acceptors (Lipinski definition) is 4. The molecule has 0 spiro atoms. The van der Waals surface area contributed by atoms with Gasteiger partial charge in [0.2, 0.25) is 0 Å². The van der Waals surface area contributed by atoms with Crippen LogP contribution in [0.1, 0.15) is 29.3 Å². The Kier molecular flexibility index (Phi) is 9.53. The molecule has 0 saturated carbocycles. The van der Waals surface area contributed by atoms with Gasteiger partial charge in [-0.05, 0) is 49.9 Å². The van der Waals surface area contributed by atoms with E-state index in [2.05, 4.69) is 51.2 Å². The van der Waals surface area contributed by atoms with Crippen LogP contribution in [0, 0.1) is 5.92 Å². The van der Waals surface area contributed by atoms with E-state index in [9.17, 15) is 0 Å². The van der Waals surface area contributed by atoms with Gasteiger partial charge in [-0.25, -0.2) is 0 Å². The van der Waals surface area contributed by atoms with Gasteiger partial charge in [0.1, 0.15) is 5.75 Å². The van der Waals surface area contributed by atoms with Gasteiger partial charge in [-0.15, -0.1) is 35.3 Å². The Balaban J connectivity index is 0.00000280. The van der Waals surface area contributed by atoms with Crippen LogP contribution in [0.15, 0.2) is 46.8 Å². The van der Waals surface area contributed by atoms with Crippen LogP contribution in [0.3, 0.4) is 0 Å². The Hall–Kier alpha value is -1.32. The third-order valence-corrected chi connectivity index (χ3v) is 6.18. The molecule has 0 bridgehead atoms. The maximum Gasteiger partial charge on any atom is 0.191 e. The number of likely N-dealkylation sites (tertiary alicyclic amines) is 1. The number of nitrogens with zero attached hydrogens (tertiary/aromatic N) is 2. The van der Waals surface area contributed by atoms with Crippen molar-refractivity contribution in [2.24, 2.45) is 10.9 Å². The van der Waals surface area contributed by atoms with Crippen LogP contribution < -0.4 is 15.4 Å². The van der Waals surface area contributed by atoms with Crippen molar-refractivity contribution in [2.45, 2.75) is 25.4 Å². The molecule has 2 aromatic rings. The van der Waals surface area contributed by atoms with Gasteiger partial charge >= 0.3 is 0 Å². The van der Waals surface area contributed by atoms with E-state index >= 15 is 0 Å². The molecule has 1 saturated heterocycles. The fraction of sp³-hybridized carbons (Fsp3) is 0.476. The highest BCUT2D eigenvalue weighted by Crippen LogP contribution is 2.36. The summed E-state index contributed by atoms with van der Waals surface area (Å²) < 4.78 is 5.43. The molecule has 7 heteroatoms. The average Bonchev–Trinajstić information content (AvgIpc) is 3.22. The number of halogens is 1. The molecule has 1 aromatic heterocycles. The number of methoxy groups -OCH3 is 1. The summed E-state index contributed by atoms with van der Waals surface area (Å²) in [6.45, 7) is 2.76. The standard InChI is InChI=1S/C21H30N4OS.HI/c1-22-21(23-14-16-8-4-5-10-18(16)26-3)24-15-17-9-6-12-25(2)20(17)19-11-7-13-27-19;/h4-5,7-8,10-11,13,17,20H,6,9,12,14-15H2,1-3H3,(H2,22,23,24);1H. The lowest BCUT2D eigenvalue weighted by atomic mass is 9.88. The van der Waals surface area contributed by atoms with Crippen molar-refractivity contribution in [2.75, 3.05) is 34.3 Å². The first-order valence-corrected chi connectivity index (χ1v) is 10.4. The van der Waals surface area contributed by atoms with E-state index in [0.29, 0.717) is 18.5 Å². The number of benzene rings is 1. The maximum absolute atomic E-state index is 5.43. The minimum Gasteiger partial charge on any atom is -0.496 e. The Bertz CT molecular complexity index is 738. The molecule has 2 heterocycles. The van der Waals surface area contributed by atoms with Gasteiger partial charge in [0.05, 0.1) is 7.11 Å². The molecule has 28 heavy (non-hydrogen) atoms. The van der Waals surface area contributed by atoms with Gasteiger partial charge in [0.15, 0.2) is 5.96 Å². The number of thiophene rings is 1. The molecule has 1 aliphatic heterocycles. The fourth-order valence-electron chi connectivity index (χ4n) is 3.86. The van der Waals surface area contributed by atoms with Crippen molar-refractivity contribution in [1.29, 1.82) is 0 Å². The van der Waals surface area contributed by atoms with E-state index in [-0.39, 0.29) is 24.0 Å². The second-order valence-electron chi connectivity index (χ2n) is 6.96. The lowest BCUT2D eigenvalue weighted by Crippen LogP contribution is -2.44. The zero-order valence-corrected chi connectivity index (χ0v) is 20.0. The Morgan fingerprint density at radius 3 is 2.79 bits per heavy atom. The van der Waals surface area contributed by atoms with E-state index < -0.39 is 0 Å². The number of para-hydroxylation sites is 1. The molecule has 2 atom stereocenters. The molecule has 2 unspecified atom stereocenters. The number of piperidine rings is 1. The van der Waals surface area contributed by atoms with Crippen molar-refractivity contribution in [1.82, 2.24) is 15.5 Å². The number of aliphatic imine (C=N–C) groups is 1. The van der Waals surface area contributed by atoms with Gasteiger partial charge in [0.25, 0.3) is 0 Å². The zero-order chi connectivity index (χ0) is 19.1. The highest BCUT2D eigenvalue weighted by atomic mass is 127. The molecule has 154 valence electrons. The lowest BCUT2D eigenvalue weighted by molar-refractivity contribution is 0.125. The molecule has 1 aliphatic rings. The Morgan fingerprint density at radius 2 is 2.07 bits per heavy atom. The van der Waals surface area contributed by atoms with Crippen molar-refractivity contribution in [3.63, 3.8) is 0 Å². The monoisotopic (exact) mass is 514 g/mol. The highest BCUT2D eigenvalue weighted by Gasteiger charge is 2.31. The molecule has 0 amide bonds. The molecule has 0 radical (unpaired) electrons. The molecule has 3 rings (SSSR count). The van der Waals surface area contributed by atoms with Gasteiger partial charge in [-0.1, -0.05) is 24.3 Å². The van der Waals surface area contributed by atoms with E-state index in [1.54, 1.807) is 7.11 Å². The molecule has 1 aromatic carbocycles. The maximum atomic E-state index is 5.43. The summed E-state index contributed by atoms with van der Waals surface area (Å²) in [7, 11) is 5.77. The van der Waals surface area contributed by atoms with Crippen LogP contribution in [0.5, 0.6) is 5.75 Å². The normalized spacial score (nSPS) is 20.3. The highest BCUT2D eigenvalue weighted by molar-refractivity contribution is 14.0. The second kappa shape index (κ2) is 11.6. The predicted molar refractivity (Wildman–Crippen MR) is 129 cm³/mol. The summed E-state index contributed by atoms with van der Waals surface area (Å²) in [5, 5.41) is 9.12. The fourth-order valence-corrected chi connectivity index (χ4v) is 4.84. The summed E-state index contributed by atoms with van der Waals surface area (Å²) in [6, 6.07) is 13.0. The van der Waals surface area contributed by atoms with E-state index in [1.807, 2.05) is 36.6 Å². The van der Waals surface area contributed by atoms with Crippen LogP contribution in [0.4, 0.5) is 0 Å². The van der Waals surface area contributed by atoms with Crippen molar-refractivity contribution >= 4 is 41.3 Å². The van der Waals surface area contributed by atoms with E-state index in [0.717, 1.165) is 23.8 Å². The molecule has 5 nitrogen and oxygen atoms in total. The van der Waals surface area contributed by atoms with Crippen molar-refractivity contribution in [3.05, 3.63) is 52.2 Å². The second-order valence-corrected chi connectivity index (χ2v) is 7.94. The van der Waals surface area contributed by atoms with E-state index in [4.69, 9.17) is 4.74 Å². The molecule has 2 N–H and O–H groups in total. The first-order chi connectivity index (χ1) is 13.2. The van der Waals surface area contributed by atoms with E-state index in [1.165, 1.54) is 24.3 Å². The summed E-state index contributed by atoms with van der Waals surface area (Å²) in [4.78, 5) is 8.34. The van der Waals surface area contributed by atoms with Crippen LogP contribution in [-0.4, -0.2) is 45.2 Å². The van der Waals surface area contributed by atoms with Crippen LogP contribution in [-0.2, 0) is 6.54 Å². The molecular formula is C21H31IN4OS. The number of rotatable bonds is 6. The van der Waals surface area contributed by atoms with Crippen LogP contribution in [0.2, 0.25) is 0 Å². The van der Waals surface area contributed by atoms with Gasteiger partial charge in [-0.2, -0.15) is 0 Å². The Morgan fingerprint density at radius 1 is 1.25 bits per heavy atom. The number of nitrogens with one attached hydrogen (secondary N) is 2. The quantitative estimate of drug-likeness (QED) is 0.346. The third kappa shape index (κ3) is 5.84. The molecular weight excluding hydrogens is 483 g/mol. The van der Waals surface area contributed by atoms with Crippen LogP contribution >= 0.6 is 35.3 Å². The van der Waals surface area contributed by atoms with Gasteiger partial charge in [0, 0.05) is 36.6 Å². The number of hydrogen-bond donors (Lipinski definition) is 2. The largest absolute Gasteiger partial charge is 0.496 e. The predicted octanol–water partition coefficient (Wildman–Crippen LogP) is 4.12. The van der Waals surface area contributed by atoms with Gasteiger partial charge in [-0.3, -0.25) is 9.89 Å². The topological polar surface area (TPSA) is 48.9 Å². The molecule has 0 aliphatic carbocycles. The average molecular weight is 514 g/mol. The molecule has 1 fully saturated rings. The minimum atomic E-state index is 0. The first-order valence-electron chi connectivity index (χ1n) is 9.53. The zero-order valence-electron chi connectivity index (χ0n) is 16.9. The first kappa shape index (κ1) is 23.0. The van der Waals surface area contributed by atoms with Crippen molar-refractivity contribution in [3.8, 4) is 5.75 Å². The van der Waals surface area contributed by atoms with Crippen LogP contribution in [0.25, 0.3) is 0 Å². The minimum absolute atomic E-state index is 0. The summed E-state index contributed by atoms with van der Waals surface area (Å²) >= 11 is 1.86. The Labute approximate surface area is 189 Å². The number of ether oxygens (including phenoxy) is 1. The summed E-state index contributed by atoms with van der Waals surface area (Å²) in [5.41, 5.74) is 1.12. The van der Waals surface area contributed by atoms with Gasteiger partial charge < -0.3 is 15.4 Å². The van der Waals surface area contributed by atoms with Crippen molar-refractivity contribution < 1.29 is 4.74 Å². The summed E-state index contributed by atoms with van der Waals surface area (Å²) in [5.74, 6) is 2.30. The SMILES string of the molecule is CN=C(NCc1ccccc1OC)NCC1CCCN(C)C1c1cccs1.I. The third-order valence-electron chi connectivity index (χ3n) is 5.24.